The van der Waals surface area contributed by atoms with Gasteiger partial charge in [-0.3, -0.25) is 0 Å². The van der Waals surface area contributed by atoms with E-state index in [-0.39, 0.29) is 8.59 Å². The van der Waals surface area contributed by atoms with E-state index < -0.39 is 17.9 Å². The maximum atomic E-state index is 12.8. The summed E-state index contributed by atoms with van der Waals surface area (Å²) in [6.45, 7) is 0. The van der Waals surface area contributed by atoms with Gasteiger partial charge in [0.05, 0.1) is 5.02 Å². The van der Waals surface area contributed by atoms with Crippen molar-refractivity contribution in [3.8, 4) is 5.75 Å². The number of halogens is 6. The summed E-state index contributed by atoms with van der Waals surface area (Å²) < 4.78 is 51.7. The van der Waals surface area contributed by atoms with Crippen molar-refractivity contribution in [3.63, 3.8) is 0 Å². The average molecular weight is 340 g/mol. The molecule has 0 saturated heterocycles. The molecule has 0 aromatic heterocycles. The van der Waals surface area contributed by atoms with Crippen LogP contribution in [0.25, 0.3) is 0 Å². The predicted octanol–water partition coefficient (Wildman–Crippen LogP) is 3.98. The summed E-state index contributed by atoms with van der Waals surface area (Å²) >= 11 is 7.15. The highest BCUT2D eigenvalue weighted by molar-refractivity contribution is 14.1. The Labute approximate surface area is 95.1 Å². The quantitative estimate of drug-likeness (QED) is 0.427. The number of rotatable bonds is 1. The van der Waals surface area contributed by atoms with Crippen LogP contribution in [0.1, 0.15) is 0 Å². The molecular weight excluding hydrogens is 338 g/mol. The van der Waals surface area contributed by atoms with Gasteiger partial charge in [-0.05, 0) is 34.7 Å². The first-order valence-electron chi connectivity index (χ1n) is 3.20. The van der Waals surface area contributed by atoms with E-state index in [0.717, 1.165) is 12.1 Å². The van der Waals surface area contributed by atoms with E-state index in [2.05, 4.69) is 4.74 Å². The summed E-state index contributed by atoms with van der Waals surface area (Å²) in [5, 5.41) is 0.0395. The van der Waals surface area contributed by atoms with E-state index in [4.69, 9.17) is 11.6 Å². The monoisotopic (exact) mass is 340 g/mol. The van der Waals surface area contributed by atoms with Gasteiger partial charge in [-0.15, -0.1) is 13.2 Å². The van der Waals surface area contributed by atoms with Crippen LogP contribution in [0, 0.1) is 9.39 Å². The molecule has 0 aliphatic heterocycles. The Morgan fingerprint density at radius 1 is 1.29 bits per heavy atom. The zero-order valence-electron chi connectivity index (χ0n) is 6.33. The highest BCUT2D eigenvalue weighted by Crippen LogP contribution is 2.30. The Morgan fingerprint density at radius 2 is 1.86 bits per heavy atom. The van der Waals surface area contributed by atoms with Crippen molar-refractivity contribution in [2.75, 3.05) is 0 Å². The number of hydrogen-bond donors (Lipinski definition) is 0. The molecule has 0 heterocycles. The average Bonchev–Trinajstić information content (AvgIpc) is 1.97. The molecule has 78 valence electrons. The van der Waals surface area contributed by atoms with Crippen LogP contribution < -0.4 is 4.74 Å². The molecule has 0 spiro atoms. The van der Waals surface area contributed by atoms with Gasteiger partial charge in [0.1, 0.15) is 0 Å². The minimum atomic E-state index is -4.91. The SMILES string of the molecule is Fc1cc(Cl)c(I)cc1OC(F)(F)F. The van der Waals surface area contributed by atoms with Crippen molar-refractivity contribution in [1.82, 2.24) is 0 Å². The Morgan fingerprint density at radius 3 is 2.36 bits per heavy atom. The largest absolute Gasteiger partial charge is 0.573 e. The fourth-order valence-corrected chi connectivity index (χ4v) is 1.30. The molecule has 0 fully saturated rings. The molecule has 7 heteroatoms. The fourth-order valence-electron chi connectivity index (χ4n) is 0.707. The van der Waals surface area contributed by atoms with E-state index in [1.807, 2.05) is 0 Å². The molecule has 0 N–H and O–H groups in total. The zero-order chi connectivity index (χ0) is 10.9. The molecule has 1 aromatic carbocycles. The Balaban J connectivity index is 3.04. The summed E-state index contributed by atoms with van der Waals surface area (Å²) in [7, 11) is 0. The van der Waals surface area contributed by atoms with Crippen molar-refractivity contribution in [2.24, 2.45) is 0 Å². The van der Waals surface area contributed by atoms with Gasteiger partial charge in [0.25, 0.3) is 0 Å². The smallest absolute Gasteiger partial charge is 0.403 e. The molecule has 1 aromatic rings. The minimum Gasteiger partial charge on any atom is -0.403 e. The molecule has 1 nitrogen and oxygen atoms in total. The van der Waals surface area contributed by atoms with Crippen LogP contribution in [0.4, 0.5) is 17.6 Å². The lowest BCUT2D eigenvalue weighted by Crippen LogP contribution is -2.18. The number of ether oxygens (including phenoxy) is 1. The van der Waals surface area contributed by atoms with Gasteiger partial charge >= 0.3 is 6.36 Å². The maximum Gasteiger partial charge on any atom is 0.573 e. The van der Waals surface area contributed by atoms with E-state index in [1.54, 1.807) is 22.6 Å². The maximum absolute atomic E-state index is 12.8. The number of alkyl halides is 3. The summed E-state index contributed by atoms with van der Waals surface area (Å²) in [5.41, 5.74) is 0. The van der Waals surface area contributed by atoms with Crippen molar-refractivity contribution in [1.29, 1.82) is 0 Å². The van der Waals surface area contributed by atoms with Gasteiger partial charge in [-0.1, -0.05) is 11.6 Å². The second kappa shape index (κ2) is 4.09. The first-order valence-corrected chi connectivity index (χ1v) is 4.65. The van der Waals surface area contributed by atoms with Crippen molar-refractivity contribution >= 4 is 34.2 Å². The highest BCUT2D eigenvalue weighted by atomic mass is 127. The van der Waals surface area contributed by atoms with E-state index in [0.29, 0.717) is 0 Å². The molecule has 0 saturated carbocycles. The van der Waals surface area contributed by atoms with Crippen LogP contribution >= 0.6 is 34.2 Å². The Bertz CT molecular complexity index is 352. The molecule has 0 atom stereocenters. The third kappa shape index (κ3) is 3.16. The van der Waals surface area contributed by atoms with Crippen molar-refractivity contribution < 1.29 is 22.3 Å². The first-order chi connectivity index (χ1) is 6.29. The van der Waals surface area contributed by atoms with Gasteiger partial charge in [0, 0.05) is 3.57 Å². The van der Waals surface area contributed by atoms with E-state index in [1.165, 1.54) is 0 Å². The summed E-state index contributed by atoms with van der Waals surface area (Å²) in [6, 6.07) is 1.65. The van der Waals surface area contributed by atoms with Gasteiger partial charge in [0.15, 0.2) is 11.6 Å². The van der Waals surface area contributed by atoms with Crippen LogP contribution in [0.3, 0.4) is 0 Å². The molecular formula is C7H2ClF4IO. The second-order valence-corrected chi connectivity index (χ2v) is 3.81. The second-order valence-electron chi connectivity index (χ2n) is 2.24. The molecule has 0 aliphatic rings. The standard InChI is InChI=1S/C7H2ClF4IO/c8-3-1-4(9)6(2-5(3)13)14-7(10,11)12/h1-2H. The number of hydrogen-bond acceptors (Lipinski definition) is 1. The third-order valence-electron chi connectivity index (χ3n) is 1.20. The summed E-state index contributed by atoms with van der Waals surface area (Å²) in [6.07, 6.45) is -4.91. The van der Waals surface area contributed by atoms with E-state index >= 15 is 0 Å². The number of benzene rings is 1. The first kappa shape index (κ1) is 11.8. The minimum absolute atomic E-state index is 0.0395. The molecule has 0 unspecified atom stereocenters. The lowest BCUT2D eigenvalue weighted by molar-refractivity contribution is -0.275. The fraction of sp³-hybridized carbons (Fsp3) is 0.143. The lowest BCUT2D eigenvalue weighted by atomic mass is 10.3. The molecule has 1 rings (SSSR count). The van der Waals surface area contributed by atoms with Crippen LogP contribution in [-0.4, -0.2) is 6.36 Å². The van der Waals surface area contributed by atoms with Gasteiger partial charge in [0.2, 0.25) is 0 Å². The van der Waals surface area contributed by atoms with Crippen LogP contribution in [-0.2, 0) is 0 Å². The molecule has 14 heavy (non-hydrogen) atoms. The predicted molar refractivity (Wildman–Crippen MR) is 50.8 cm³/mol. The molecule has 0 amide bonds. The van der Waals surface area contributed by atoms with Crippen molar-refractivity contribution in [3.05, 3.63) is 26.5 Å². The topological polar surface area (TPSA) is 9.23 Å². The Hall–Kier alpha value is -0.240. The van der Waals surface area contributed by atoms with Gasteiger partial charge in [-0.25, -0.2) is 4.39 Å². The normalized spacial score (nSPS) is 11.6. The summed E-state index contributed by atoms with van der Waals surface area (Å²) in [5.74, 6) is -2.03. The van der Waals surface area contributed by atoms with Crippen LogP contribution in [0.5, 0.6) is 5.75 Å². The molecule has 0 bridgehead atoms. The molecule has 0 aliphatic carbocycles. The summed E-state index contributed by atoms with van der Waals surface area (Å²) in [4.78, 5) is 0. The molecule has 0 radical (unpaired) electrons. The van der Waals surface area contributed by atoms with Gasteiger partial charge < -0.3 is 4.74 Å². The van der Waals surface area contributed by atoms with Gasteiger partial charge in [-0.2, -0.15) is 0 Å². The third-order valence-corrected chi connectivity index (χ3v) is 2.72. The zero-order valence-corrected chi connectivity index (χ0v) is 9.24. The van der Waals surface area contributed by atoms with Crippen LogP contribution in [0.15, 0.2) is 12.1 Å². The Kier molecular flexibility index (Phi) is 3.46. The van der Waals surface area contributed by atoms with Crippen molar-refractivity contribution in [2.45, 2.75) is 6.36 Å². The lowest BCUT2D eigenvalue weighted by Gasteiger charge is -2.10. The highest BCUT2D eigenvalue weighted by Gasteiger charge is 2.32. The van der Waals surface area contributed by atoms with Crippen LogP contribution in [0.2, 0.25) is 5.02 Å². The van der Waals surface area contributed by atoms with E-state index in [9.17, 15) is 17.6 Å².